The lowest BCUT2D eigenvalue weighted by atomic mass is 10.2. The lowest BCUT2D eigenvalue weighted by Gasteiger charge is -2.16. The molecule has 1 heterocycles. The molecule has 2 rings (SSSR count). The molecule has 1 aromatic carbocycles. The van der Waals surface area contributed by atoms with Gasteiger partial charge in [0.05, 0.1) is 17.6 Å². The third-order valence-electron chi connectivity index (χ3n) is 3.40. The van der Waals surface area contributed by atoms with Gasteiger partial charge in [0.2, 0.25) is 0 Å². The Labute approximate surface area is 121 Å². The maximum absolute atomic E-state index is 9.17. The van der Waals surface area contributed by atoms with E-state index in [-0.39, 0.29) is 6.61 Å². The highest BCUT2D eigenvalue weighted by atomic mass is 28.3. The Morgan fingerprint density at radius 2 is 2.05 bits per heavy atom. The van der Waals surface area contributed by atoms with Gasteiger partial charge in [0.1, 0.15) is 12.6 Å². The lowest BCUT2D eigenvalue weighted by molar-refractivity contribution is 0.0885. The summed E-state index contributed by atoms with van der Waals surface area (Å²) >= 11 is 0. The first-order chi connectivity index (χ1) is 9.40. The Morgan fingerprint density at radius 1 is 1.30 bits per heavy atom. The van der Waals surface area contributed by atoms with Crippen LogP contribution in [0.15, 0.2) is 18.2 Å². The molecule has 5 heteroatoms. The standard InChI is InChI=1S/C15H24N2O2Si/c1-12-16-14-9-13(10-18)5-6-15(14)17(12)11-19-7-8-20(2,3)4/h5-6,9,18H,7-8,10-11H2,1-4H3. The quantitative estimate of drug-likeness (QED) is 0.657. The summed E-state index contributed by atoms with van der Waals surface area (Å²) < 4.78 is 7.89. The van der Waals surface area contributed by atoms with Crippen molar-refractivity contribution in [2.75, 3.05) is 6.61 Å². The average Bonchev–Trinajstić information content (AvgIpc) is 2.68. The molecule has 1 aromatic heterocycles. The van der Waals surface area contributed by atoms with Crippen molar-refractivity contribution in [2.45, 2.75) is 45.9 Å². The monoisotopic (exact) mass is 292 g/mol. The Hall–Kier alpha value is -1.17. The molecule has 0 spiro atoms. The van der Waals surface area contributed by atoms with Crippen molar-refractivity contribution in [3.8, 4) is 0 Å². The van der Waals surface area contributed by atoms with Crippen molar-refractivity contribution in [3.05, 3.63) is 29.6 Å². The zero-order valence-corrected chi connectivity index (χ0v) is 13.8. The Bertz CT molecular complexity index is 587. The number of hydrogen-bond donors (Lipinski definition) is 1. The minimum Gasteiger partial charge on any atom is -0.392 e. The van der Waals surface area contributed by atoms with E-state index in [9.17, 15) is 0 Å². The van der Waals surface area contributed by atoms with Crippen LogP contribution in [0.25, 0.3) is 11.0 Å². The number of rotatable bonds is 6. The Kier molecular flexibility index (Phi) is 4.62. The average molecular weight is 292 g/mol. The molecule has 2 aromatic rings. The van der Waals surface area contributed by atoms with Gasteiger partial charge in [0, 0.05) is 14.7 Å². The van der Waals surface area contributed by atoms with Gasteiger partial charge in [0.25, 0.3) is 0 Å². The van der Waals surface area contributed by atoms with E-state index in [2.05, 4.69) is 29.2 Å². The van der Waals surface area contributed by atoms with E-state index in [1.54, 1.807) is 0 Å². The molecule has 0 aliphatic rings. The highest BCUT2D eigenvalue weighted by Gasteiger charge is 2.13. The predicted molar refractivity (Wildman–Crippen MR) is 84.5 cm³/mol. The van der Waals surface area contributed by atoms with Crippen LogP contribution in [0.2, 0.25) is 25.7 Å². The van der Waals surface area contributed by atoms with Crippen molar-refractivity contribution in [2.24, 2.45) is 0 Å². The Morgan fingerprint density at radius 3 is 2.70 bits per heavy atom. The van der Waals surface area contributed by atoms with Crippen LogP contribution in [-0.4, -0.2) is 29.3 Å². The van der Waals surface area contributed by atoms with Crippen molar-refractivity contribution in [3.63, 3.8) is 0 Å². The predicted octanol–water partition coefficient (Wildman–Crippen LogP) is 3.15. The second-order valence-corrected chi connectivity index (χ2v) is 12.0. The summed E-state index contributed by atoms with van der Waals surface area (Å²) in [6, 6.07) is 7.04. The van der Waals surface area contributed by atoms with Crippen molar-refractivity contribution in [1.82, 2.24) is 9.55 Å². The fourth-order valence-corrected chi connectivity index (χ4v) is 2.85. The fraction of sp³-hybridized carbons (Fsp3) is 0.533. The van der Waals surface area contributed by atoms with E-state index in [1.165, 1.54) is 6.04 Å². The molecule has 0 radical (unpaired) electrons. The number of aliphatic hydroxyl groups excluding tert-OH is 1. The number of fused-ring (bicyclic) bond motifs is 1. The molecule has 0 saturated carbocycles. The summed E-state index contributed by atoms with van der Waals surface area (Å²) in [6.45, 7) is 10.4. The van der Waals surface area contributed by atoms with Gasteiger partial charge in [-0.2, -0.15) is 0 Å². The lowest BCUT2D eigenvalue weighted by Crippen LogP contribution is -2.22. The third-order valence-corrected chi connectivity index (χ3v) is 5.11. The van der Waals surface area contributed by atoms with Gasteiger partial charge in [-0.1, -0.05) is 25.7 Å². The van der Waals surface area contributed by atoms with Gasteiger partial charge >= 0.3 is 0 Å². The van der Waals surface area contributed by atoms with Crippen LogP contribution >= 0.6 is 0 Å². The zero-order chi connectivity index (χ0) is 14.8. The van der Waals surface area contributed by atoms with Crippen LogP contribution in [0, 0.1) is 6.92 Å². The zero-order valence-electron chi connectivity index (χ0n) is 12.8. The van der Waals surface area contributed by atoms with Crippen molar-refractivity contribution in [1.29, 1.82) is 0 Å². The molecule has 0 bridgehead atoms. The van der Waals surface area contributed by atoms with Crippen LogP contribution in [0.5, 0.6) is 0 Å². The first-order valence-corrected chi connectivity index (χ1v) is 10.8. The van der Waals surface area contributed by atoms with E-state index in [1.807, 2.05) is 25.1 Å². The third kappa shape index (κ3) is 3.68. The summed E-state index contributed by atoms with van der Waals surface area (Å²) in [4.78, 5) is 4.53. The van der Waals surface area contributed by atoms with Gasteiger partial charge < -0.3 is 14.4 Å². The summed E-state index contributed by atoms with van der Waals surface area (Å²) in [6.07, 6.45) is 0. The maximum atomic E-state index is 9.17. The molecule has 0 saturated heterocycles. The van der Waals surface area contributed by atoms with Crippen molar-refractivity contribution < 1.29 is 9.84 Å². The Balaban J connectivity index is 2.08. The van der Waals surface area contributed by atoms with E-state index in [4.69, 9.17) is 9.84 Å². The van der Waals surface area contributed by atoms with E-state index in [0.29, 0.717) is 6.73 Å². The summed E-state index contributed by atoms with van der Waals surface area (Å²) in [5, 5.41) is 9.17. The second-order valence-electron chi connectivity index (χ2n) is 6.42. The van der Waals surface area contributed by atoms with Gasteiger partial charge in [-0.25, -0.2) is 4.98 Å². The molecule has 4 nitrogen and oxygen atoms in total. The number of benzene rings is 1. The fourth-order valence-electron chi connectivity index (χ4n) is 2.09. The smallest absolute Gasteiger partial charge is 0.124 e. The number of imidazole rings is 1. The van der Waals surface area contributed by atoms with E-state index in [0.717, 1.165) is 29.0 Å². The molecular weight excluding hydrogens is 268 g/mol. The van der Waals surface area contributed by atoms with Gasteiger partial charge in [0.15, 0.2) is 0 Å². The molecule has 0 aliphatic heterocycles. The molecule has 0 atom stereocenters. The number of aliphatic hydroxyl groups is 1. The van der Waals surface area contributed by atoms with Gasteiger partial charge in [-0.3, -0.25) is 0 Å². The van der Waals surface area contributed by atoms with Crippen molar-refractivity contribution >= 4 is 19.1 Å². The van der Waals surface area contributed by atoms with Crippen LogP contribution in [0.4, 0.5) is 0 Å². The molecule has 0 amide bonds. The molecule has 0 fully saturated rings. The number of aromatic nitrogens is 2. The van der Waals surface area contributed by atoms with Gasteiger partial charge in [-0.15, -0.1) is 0 Å². The number of aryl methyl sites for hydroxylation is 1. The molecule has 0 unspecified atom stereocenters. The van der Waals surface area contributed by atoms with E-state index >= 15 is 0 Å². The summed E-state index contributed by atoms with van der Waals surface area (Å²) in [7, 11) is -1.04. The molecule has 20 heavy (non-hydrogen) atoms. The number of nitrogens with zero attached hydrogens (tertiary/aromatic N) is 2. The highest BCUT2D eigenvalue weighted by molar-refractivity contribution is 6.76. The topological polar surface area (TPSA) is 47.3 Å². The molecule has 1 N–H and O–H groups in total. The minimum atomic E-state index is -1.04. The largest absolute Gasteiger partial charge is 0.392 e. The first-order valence-electron chi connectivity index (χ1n) is 7.05. The van der Waals surface area contributed by atoms with Crippen LogP contribution in [0.1, 0.15) is 11.4 Å². The van der Waals surface area contributed by atoms with Crippen LogP contribution < -0.4 is 0 Å². The van der Waals surface area contributed by atoms with Crippen LogP contribution in [-0.2, 0) is 18.1 Å². The maximum Gasteiger partial charge on any atom is 0.124 e. The molecule has 0 aliphatic carbocycles. The van der Waals surface area contributed by atoms with Gasteiger partial charge in [-0.05, 0) is 30.7 Å². The first kappa shape index (κ1) is 15.2. The number of hydrogen-bond acceptors (Lipinski definition) is 3. The summed E-state index contributed by atoms with van der Waals surface area (Å²) in [5.41, 5.74) is 2.87. The minimum absolute atomic E-state index is 0.0502. The molecule has 110 valence electrons. The highest BCUT2D eigenvalue weighted by Crippen LogP contribution is 2.18. The number of ether oxygens (including phenoxy) is 1. The SMILES string of the molecule is Cc1nc2cc(CO)ccc2n1COCC[Si](C)(C)C. The van der Waals surface area contributed by atoms with Crippen LogP contribution in [0.3, 0.4) is 0 Å². The molecular formula is C15H24N2O2Si. The van der Waals surface area contributed by atoms with E-state index < -0.39 is 8.07 Å². The summed E-state index contributed by atoms with van der Waals surface area (Å²) in [5.74, 6) is 0.947. The second kappa shape index (κ2) is 6.07. The normalized spacial score (nSPS) is 12.2.